The summed E-state index contributed by atoms with van der Waals surface area (Å²) in [7, 11) is 1.68. The molecule has 4 heteroatoms. The van der Waals surface area contributed by atoms with Crippen LogP contribution in [0, 0.1) is 0 Å². The van der Waals surface area contributed by atoms with Gasteiger partial charge < -0.3 is 19.9 Å². The average molecular weight is 291 g/mol. The van der Waals surface area contributed by atoms with Gasteiger partial charge in [0.05, 0.1) is 13.2 Å². The topological polar surface area (TPSA) is 50.7 Å². The van der Waals surface area contributed by atoms with Gasteiger partial charge in [0.15, 0.2) is 0 Å². The van der Waals surface area contributed by atoms with Crippen LogP contribution in [0.5, 0.6) is 11.5 Å². The zero-order chi connectivity index (χ0) is 14.7. The van der Waals surface area contributed by atoms with Gasteiger partial charge >= 0.3 is 0 Å². The molecule has 4 nitrogen and oxygen atoms in total. The van der Waals surface area contributed by atoms with Crippen LogP contribution in [0.2, 0.25) is 0 Å². The second-order valence-electron chi connectivity index (χ2n) is 6.14. The van der Waals surface area contributed by atoms with E-state index in [4.69, 9.17) is 9.47 Å². The molecule has 1 aromatic carbocycles. The summed E-state index contributed by atoms with van der Waals surface area (Å²) in [5.41, 5.74) is 1.11. The third kappa shape index (κ3) is 3.89. The Morgan fingerprint density at radius 2 is 2.00 bits per heavy atom. The number of hydrogen-bond donors (Lipinski definition) is 2. The van der Waals surface area contributed by atoms with Gasteiger partial charge in [0.2, 0.25) is 0 Å². The van der Waals surface area contributed by atoms with E-state index in [0.29, 0.717) is 6.04 Å². The number of ether oxygens (including phenoxy) is 2. The van der Waals surface area contributed by atoms with E-state index in [1.165, 1.54) is 12.8 Å². The van der Waals surface area contributed by atoms with E-state index < -0.39 is 0 Å². The second kappa shape index (κ2) is 6.67. The van der Waals surface area contributed by atoms with Gasteiger partial charge in [-0.2, -0.15) is 0 Å². The molecule has 0 aliphatic heterocycles. The van der Waals surface area contributed by atoms with Crippen molar-refractivity contribution in [1.82, 2.24) is 5.32 Å². The molecule has 1 aromatic rings. The lowest BCUT2D eigenvalue weighted by Crippen LogP contribution is -2.35. The van der Waals surface area contributed by atoms with Gasteiger partial charge in [-0.05, 0) is 50.3 Å². The zero-order valence-electron chi connectivity index (χ0n) is 12.7. The molecule has 0 spiro atoms. The van der Waals surface area contributed by atoms with Crippen molar-refractivity contribution in [3.8, 4) is 11.5 Å². The lowest BCUT2D eigenvalue weighted by Gasteiger charge is -2.29. The minimum absolute atomic E-state index is 0.0770. The molecular weight excluding hydrogens is 266 g/mol. The van der Waals surface area contributed by atoms with E-state index in [1.807, 2.05) is 18.2 Å². The standard InChI is InChI=1S/C17H25NO3/c1-20-14-8-9-16(12(10-14)11-18-13-6-7-13)21-17-5-3-2-4-15(17)19/h8-10,13,15,17-19H,2-7,11H2,1H3. The largest absolute Gasteiger partial charge is 0.497 e. The highest BCUT2D eigenvalue weighted by Crippen LogP contribution is 2.30. The molecule has 2 atom stereocenters. The summed E-state index contributed by atoms with van der Waals surface area (Å²) in [5, 5.41) is 13.6. The second-order valence-corrected chi connectivity index (χ2v) is 6.14. The van der Waals surface area contributed by atoms with Crippen LogP contribution in [0.3, 0.4) is 0 Å². The van der Waals surface area contributed by atoms with Crippen LogP contribution in [0.25, 0.3) is 0 Å². The predicted octanol–water partition coefficient (Wildman–Crippen LogP) is 2.63. The highest BCUT2D eigenvalue weighted by atomic mass is 16.5. The molecule has 2 N–H and O–H groups in total. The number of hydrogen-bond acceptors (Lipinski definition) is 4. The van der Waals surface area contributed by atoms with Crippen molar-refractivity contribution in [3.05, 3.63) is 23.8 Å². The van der Waals surface area contributed by atoms with Crippen molar-refractivity contribution in [2.45, 2.75) is 63.3 Å². The lowest BCUT2D eigenvalue weighted by molar-refractivity contribution is 0.00633. The summed E-state index contributed by atoms with van der Waals surface area (Å²) >= 11 is 0. The van der Waals surface area contributed by atoms with Crippen molar-refractivity contribution >= 4 is 0 Å². The van der Waals surface area contributed by atoms with Crippen LogP contribution in [0.1, 0.15) is 44.1 Å². The number of methoxy groups -OCH3 is 1. The maximum atomic E-state index is 10.1. The smallest absolute Gasteiger partial charge is 0.124 e. The monoisotopic (exact) mass is 291 g/mol. The molecule has 3 rings (SSSR count). The van der Waals surface area contributed by atoms with E-state index in [0.717, 1.165) is 49.3 Å². The van der Waals surface area contributed by atoms with Gasteiger partial charge in [0, 0.05) is 18.2 Å². The molecule has 2 aliphatic rings. The molecule has 0 saturated heterocycles. The van der Waals surface area contributed by atoms with E-state index in [2.05, 4.69) is 5.32 Å². The molecule has 0 amide bonds. The fourth-order valence-electron chi connectivity index (χ4n) is 2.86. The number of rotatable bonds is 6. The summed E-state index contributed by atoms with van der Waals surface area (Å²) in [4.78, 5) is 0. The van der Waals surface area contributed by atoms with Crippen LogP contribution >= 0.6 is 0 Å². The first-order valence-corrected chi connectivity index (χ1v) is 8.01. The molecule has 0 radical (unpaired) electrons. The van der Waals surface area contributed by atoms with Crippen molar-refractivity contribution in [2.75, 3.05) is 7.11 Å². The molecule has 2 aliphatic carbocycles. The number of aliphatic hydroxyl groups is 1. The third-order valence-corrected chi connectivity index (χ3v) is 4.37. The highest BCUT2D eigenvalue weighted by Gasteiger charge is 2.26. The Kier molecular flexibility index (Phi) is 4.66. The minimum Gasteiger partial charge on any atom is -0.497 e. The van der Waals surface area contributed by atoms with Crippen LogP contribution in [0.15, 0.2) is 18.2 Å². The van der Waals surface area contributed by atoms with Gasteiger partial charge in [0.25, 0.3) is 0 Å². The zero-order valence-corrected chi connectivity index (χ0v) is 12.7. The van der Waals surface area contributed by atoms with E-state index in [9.17, 15) is 5.11 Å². The Bertz CT molecular complexity index is 473. The Morgan fingerprint density at radius 1 is 1.19 bits per heavy atom. The van der Waals surface area contributed by atoms with Crippen molar-refractivity contribution in [3.63, 3.8) is 0 Å². The Morgan fingerprint density at radius 3 is 2.71 bits per heavy atom. The number of nitrogens with one attached hydrogen (secondary N) is 1. The third-order valence-electron chi connectivity index (χ3n) is 4.37. The van der Waals surface area contributed by atoms with Crippen LogP contribution in [-0.4, -0.2) is 30.5 Å². The van der Waals surface area contributed by atoms with Gasteiger partial charge in [-0.25, -0.2) is 0 Å². The number of aliphatic hydroxyl groups excluding tert-OH is 1. The van der Waals surface area contributed by atoms with E-state index >= 15 is 0 Å². The molecule has 2 saturated carbocycles. The number of benzene rings is 1. The fraction of sp³-hybridized carbons (Fsp3) is 0.647. The van der Waals surface area contributed by atoms with Crippen molar-refractivity contribution < 1.29 is 14.6 Å². The van der Waals surface area contributed by atoms with Gasteiger partial charge in [-0.15, -0.1) is 0 Å². The Labute approximate surface area is 126 Å². The summed E-state index contributed by atoms with van der Waals surface area (Å²) in [5.74, 6) is 1.72. The lowest BCUT2D eigenvalue weighted by atomic mass is 9.95. The van der Waals surface area contributed by atoms with E-state index in [-0.39, 0.29) is 12.2 Å². The van der Waals surface area contributed by atoms with Crippen molar-refractivity contribution in [2.24, 2.45) is 0 Å². The molecule has 2 unspecified atom stereocenters. The summed E-state index contributed by atoms with van der Waals surface area (Å²) in [6.45, 7) is 0.792. The molecular formula is C17H25NO3. The van der Waals surface area contributed by atoms with Gasteiger partial charge in [-0.3, -0.25) is 0 Å². The van der Waals surface area contributed by atoms with E-state index in [1.54, 1.807) is 7.11 Å². The fourth-order valence-corrected chi connectivity index (χ4v) is 2.86. The summed E-state index contributed by atoms with van der Waals surface area (Å²) in [6, 6.07) is 6.57. The average Bonchev–Trinajstić information content (AvgIpc) is 3.32. The summed E-state index contributed by atoms with van der Waals surface area (Å²) < 4.78 is 11.4. The quantitative estimate of drug-likeness (QED) is 0.846. The predicted molar refractivity (Wildman–Crippen MR) is 81.7 cm³/mol. The molecule has 0 heterocycles. The first-order chi connectivity index (χ1) is 10.3. The SMILES string of the molecule is COc1ccc(OC2CCCCC2O)c(CNC2CC2)c1. The minimum atomic E-state index is -0.343. The van der Waals surface area contributed by atoms with Crippen LogP contribution in [0.4, 0.5) is 0 Å². The van der Waals surface area contributed by atoms with Crippen LogP contribution in [-0.2, 0) is 6.54 Å². The van der Waals surface area contributed by atoms with Gasteiger partial charge in [0.1, 0.15) is 17.6 Å². The Hall–Kier alpha value is -1.26. The maximum absolute atomic E-state index is 10.1. The molecule has 21 heavy (non-hydrogen) atoms. The first-order valence-electron chi connectivity index (χ1n) is 8.01. The Balaban J connectivity index is 1.71. The summed E-state index contributed by atoms with van der Waals surface area (Å²) in [6.07, 6.45) is 6.12. The maximum Gasteiger partial charge on any atom is 0.124 e. The first kappa shape index (κ1) is 14.7. The molecule has 2 fully saturated rings. The normalized spacial score (nSPS) is 25.6. The molecule has 116 valence electrons. The highest BCUT2D eigenvalue weighted by molar-refractivity contribution is 5.40. The van der Waals surface area contributed by atoms with Crippen LogP contribution < -0.4 is 14.8 Å². The van der Waals surface area contributed by atoms with Crippen molar-refractivity contribution in [1.29, 1.82) is 0 Å². The van der Waals surface area contributed by atoms with Gasteiger partial charge in [-0.1, -0.05) is 6.42 Å². The molecule has 0 bridgehead atoms. The molecule has 0 aromatic heterocycles.